The number of hydrogen-bond acceptors (Lipinski definition) is 3. The van der Waals surface area contributed by atoms with Gasteiger partial charge in [0, 0.05) is 6.42 Å². The Hall–Kier alpha value is -0.570. The number of ether oxygens (including phenoxy) is 1. The molecule has 0 fully saturated rings. The zero-order valence-electron chi connectivity index (χ0n) is 16.5. The number of carbonyl (C=O) groups is 1. The molecule has 3 nitrogen and oxygen atoms in total. The van der Waals surface area contributed by atoms with Crippen molar-refractivity contribution in [2.75, 3.05) is 13.2 Å². The first-order valence-electron chi connectivity index (χ1n) is 10.6. The van der Waals surface area contributed by atoms with E-state index >= 15 is 0 Å². The first-order chi connectivity index (χ1) is 11.7. The smallest absolute Gasteiger partial charge is 0.305 e. The second-order valence-electron chi connectivity index (χ2n) is 7.20. The van der Waals surface area contributed by atoms with E-state index in [1.165, 1.54) is 70.6 Å². The van der Waals surface area contributed by atoms with Crippen molar-refractivity contribution in [1.82, 2.24) is 0 Å². The van der Waals surface area contributed by atoms with Gasteiger partial charge in [-0.15, -0.1) is 0 Å². The summed E-state index contributed by atoms with van der Waals surface area (Å²) < 4.78 is 5.55. The SMILES string of the molecule is CCCCCCC(CCCC)COC(=O)CCCCCCCCN. The predicted octanol–water partition coefficient (Wildman–Crippen LogP) is 6.00. The molecule has 0 aromatic heterocycles. The van der Waals surface area contributed by atoms with Crippen LogP contribution in [0, 0.1) is 5.92 Å². The molecule has 1 unspecified atom stereocenters. The zero-order valence-corrected chi connectivity index (χ0v) is 16.5. The summed E-state index contributed by atoms with van der Waals surface area (Å²) in [7, 11) is 0. The summed E-state index contributed by atoms with van der Waals surface area (Å²) in [6.07, 6.45) is 17.6. The minimum Gasteiger partial charge on any atom is -0.465 e. The van der Waals surface area contributed by atoms with E-state index in [1.807, 2.05) is 0 Å². The topological polar surface area (TPSA) is 52.3 Å². The minimum absolute atomic E-state index is 0.00650. The molecule has 1 atom stereocenters. The Morgan fingerprint density at radius 1 is 0.792 bits per heavy atom. The van der Waals surface area contributed by atoms with Crippen molar-refractivity contribution in [2.45, 2.75) is 110 Å². The molecule has 0 amide bonds. The summed E-state index contributed by atoms with van der Waals surface area (Å²) in [5.74, 6) is 0.578. The molecule has 2 N–H and O–H groups in total. The van der Waals surface area contributed by atoms with Gasteiger partial charge in [0.05, 0.1) is 6.61 Å². The van der Waals surface area contributed by atoms with Crippen molar-refractivity contribution in [3.8, 4) is 0 Å². The van der Waals surface area contributed by atoms with E-state index < -0.39 is 0 Å². The Morgan fingerprint density at radius 2 is 1.38 bits per heavy atom. The van der Waals surface area contributed by atoms with Crippen LogP contribution in [-0.4, -0.2) is 19.1 Å². The van der Waals surface area contributed by atoms with E-state index in [9.17, 15) is 4.79 Å². The summed E-state index contributed by atoms with van der Waals surface area (Å²) in [6, 6.07) is 0. The maximum absolute atomic E-state index is 11.9. The van der Waals surface area contributed by atoms with Gasteiger partial charge in [-0.3, -0.25) is 4.79 Å². The van der Waals surface area contributed by atoms with E-state index in [1.54, 1.807) is 0 Å². The lowest BCUT2D eigenvalue weighted by Gasteiger charge is -2.16. The molecule has 0 heterocycles. The number of nitrogens with two attached hydrogens (primary N) is 1. The van der Waals surface area contributed by atoms with E-state index in [2.05, 4.69) is 13.8 Å². The van der Waals surface area contributed by atoms with Crippen LogP contribution in [0.2, 0.25) is 0 Å². The molecule has 0 aromatic rings. The first-order valence-corrected chi connectivity index (χ1v) is 10.6. The summed E-state index contributed by atoms with van der Waals surface area (Å²) >= 11 is 0. The van der Waals surface area contributed by atoms with Crippen molar-refractivity contribution >= 4 is 5.97 Å². The van der Waals surface area contributed by atoms with Crippen molar-refractivity contribution < 1.29 is 9.53 Å². The minimum atomic E-state index is 0.00650. The number of unbranched alkanes of at least 4 members (excludes halogenated alkanes) is 9. The second-order valence-corrected chi connectivity index (χ2v) is 7.20. The van der Waals surface area contributed by atoms with Crippen LogP contribution in [0.5, 0.6) is 0 Å². The highest BCUT2D eigenvalue weighted by atomic mass is 16.5. The summed E-state index contributed by atoms with van der Waals surface area (Å²) in [6.45, 7) is 5.91. The quantitative estimate of drug-likeness (QED) is 0.246. The Labute approximate surface area is 151 Å². The first kappa shape index (κ1) is 23.4. The average Bonchev–Trinajstić information content (AvgIpc) is 2.59. The number of esters is 1. The highest BCUT2D eigenvalue weighted by molar-refractivity contribution is 5.69. The van der Waals surface area contributed by atoms with E-state index in [0.29, 0.717) is 18.9 Å². The fraction of sp³-hybridized carbons (Fsp3) is 0.952. The molecule has 0 saturated heterocycles. The maximum Gasteiger partial charge on any atom is 0.305 e. The van der Waals surface area contributed by atoms with Gasteiger partial charge in [0.25, 0.3) is 0 Å². The van der Waals surface area contributed by atoms with Gasteiger partial charge in [-0.05, 0) is 38.1 Å². The Balaban J connectivity index is 3.70. The second kappa shape index (κ2) is 18.8. The van der Waals surface area contributed by atoms with Gasteiger partial charge in [0.15, 0.2) is 0 Å². The molecule has 0 aromatic carbocycles. The molecule has 0 aliphatic carbocycles. The van der Waals surface area contributed by atoms with Crippen molar-refractivity contribution in [3.63, 3.8) is 0 Å². The van der Waals surface area contributed by atoms with Gasteiger partial charge in [0.2, 0.25) is 0 Å². The lowest BCUT2D eigenvalue weighted by atomic mass is 9.96. The highest BCUT2D eigenvalue weighted by Crippen LogP contribution is 2.18. The van der Waals surface area contributed by atoms with Gasteiger partial charge in [-0.2, -0.15) is 0 Å². The molecule has 144 valence electrons. The maximum atomic E-state index is 11.9. The Morgan fingerprint density at radius 3 is 2.04 bits per heavy atom. The summed E-state index contributed by atoms with van der Waals surface area (Å²) in [5.41, 5.74) is 5.48. The van der Waals surface area contributed by atoms with Crippen LogP contribution in [0.3, 0.4) is 0 Å². The third-order valence-corrected chi connectivity index (χ3v) is 4.75. The molecular weight excluding hydrogens is 298 g/mol. The van der Waals surface area contributed by atoms with Crippen LogP contribution in [-0.2, 0) is 9.53 Å². The number of hydrogen-bond donors (Lipinski definition) is 1. The molecule has 0 saturated carbocycles. The van der Waals surface area contributed by atoms with Crippen LogP contribution in [0.15, 0.2) is 0 Å². The van der Waals surface area contributed by atoms with Gasteiger partial charge < -0.3 is 10.5 Å². The number of rotatable bonds is 18. The summed E-state index contributed by atoms with van der Waals surface area (Å²) in [4.78, 5) is 11.9. The van der Waals surface area contributed by atoms with E-state index in [-0.39, 0.29) is 5.97 Å². The van der Waals surface area contributed by atoms with Crippen molar-refractivity contribution in [2.24, 2.45) is 11.7 Å². The average molecular weight is 342 g/mol. The molecule has 0 aliphatic heterocycles. The third-order valence-electron chi connectivity index (χ3n) is 4.75. The van der Waals surface area contributed by atoms with Gasteiger partial charge in [-0.1, -0.05) is 78.1 Å². The summed E-state index contributed by atoms with van der Waals surface area (Å²) in [5, 5.41) is 0. The van der Waals surface area contributed by atoms with E-state index in [4.69, 9.17) is 10.5 Å². The monoisotopic (exact) mass is 341 g/mol. The van der Waals surface area contributed by atoms with Crippen LogP contribution in [0.1, 0.15) is 110 Å². The van der Waals surface area contributed by atoms with Gasteiger partial charge in [-0.25, -0.2) is 0 Å². The van der Waals surface area contributed by atoms with Crippen LogP contribution < -0.4 is 5.73 Å². The van der Waals surface area contributed by atoms with Crippen LogP contribution in [0.4, 0.5) is 0 Å². The largest absolute Gasteiger partial charge is 0.465 e. The lowest BCUT2D eigenvalue weighted by molar-refractivity contribution is -0.145. The molecule has 0 rings (SSSR count). The fourth-order valence-corrected chi connectivity index (χ4v) is 3.07. The molecule has 0 bridgehead atoms. The van der Waals surface area contributed by atoms with Gasteiger partial charge in [0.1, 0.15) is 0 Å². The van der Waals surface area contributed by atoms with Crippen LogP contribution in [0.25, 0.3) is 0 Å². The third kappa shape index (κ3) is 16.3. The molecule has 3 heteroatoms. The molecule has 24 heavy (non-hydrogen) atoms. The zero-order chi connectivity index (χ0) is 17.9. The molecular formula is C21H43NO2. The Kier molecular flexibility index (Phi) is 18.3. The Bertz CT molecular complexity index is 269. The molecule has 0 aliphatic rings. The van der Waals surface area contributed by atoms with Crippen LogP contribution >= 0.6 is 0 Å². The van der Waals surface area contributed by atoms with Crippen molar-refractivity contribution in [1.29, 1.82) is 0 Å². The standard InChI is InChI=1S/C21H43NO2/c1-3-5-7-12-16-20(15-6-4-2)19-24-21(23)17-13-10-8-9-11-14-18-22/h20H,3-19,22H2,1-2H3. The molecule has 0 spiro atoms. The normalized spacial score (nSPS) is 12.3. The van der Waals surface area contributed by atoms with Crippen molar-refractivity contribution in [3.05, 3.63) is 0 Å². The highest BCUT2D eigenvalue weighted by Gasteiger charge is 2.11. The fourth-order valence-electron chi connectivity index (χ4n) is 3.07. The predicted molar refractivity (Wildman–Crippen MR) is 104 cm³/mol. The lowest BCUT2D eigenvalue weighted by Crippen LogP contribution is -2.14. The number of carbonyl (C=O) groups excluding carboxylic acids is 1. The van der Waals surface area contributed by atoms with Gasteiger partial charge >= 0.3 is 5.97 Å². The van der Waals surface area contributed by atoms with E-state index in [0.717, 1.165) is 25.8 Å². The molecule has 0 radical (unpaired) electrons.